The summed E-state index contributed by atoms with van der Waals surface area (Å²) in [4.78, 5) is 23.5. The van der Waals surface area contributed by atoms with Crippen LogP contribution >= 0.6 is 0 Å². The van der Waals surface area contributed by atoms with E-state index in [1.54, 1.807) is 0 Å². The number of carbonyl (C=O) groups excluding carboxylic acids is 2. The summed E-state index contributed by atoms with van der Waals surface area (Å²) in [6.45, 7) is 11.7. The average Bonchev–Trinajstić information content (AvgIpc) is 2.72. The van der Waals surface area contributed by atoms with Crippen LogP contribution in [0.3, 0.4) is 0 Å². The maximum atomic E-state index is 11.7. The van der Waals surface area contributed by atoms with Crippen LogP contribution in [0.25, 0.3) is 0 Å². The lowest BCUT2D eigenvalue weighted by molar-refractivity contribution is -0.171. The molecule has 0 amide bonds. The van der Waals surface area contributed by atoms with E-state index in [2.05, 4.69) is 6.92 Å². The number of fused-ring (bicyclic) bond motifs is 1. The van der Waals surface area contributed by atoms with Crippen molar-refractivity contribution in [1.82, 2.24) is 0 Å². The molecule has 0 spiro atoms. The molecule has 0 aromatic heterocycles. The Morgan fingerprint density at radius 3 is 1.97 bits per heavy atom. The van der Waals surface area contributed by atoms with E-state index in [9.17, 15) is 35.1 Å². The molecule has 2 saturated carbocycles. The van der Waals surface area contributed by atoms with Gasteiger partial charge in [-0.1, -0.05) is 20.8 Å². The molecule has 2 aliphatic carbocycles. The molecular formula is C28H42O7. The third-order valence-electron chi connectivity index (χ3n) is 9.25. The molecule has 0 aliphatic heterocycles. The van der Waals surface area contributed by atoms with Gasteiger partial charge < -0.3 is 25.5 Å². The van der Waals surface area contributed by atoms with Gasteiger partial charge in [0.05, 0.1) is 22.3 Å². The fourth-order valence-corrected chi connectivity index (χ4v) is 7.33. The summed E-state index contributed by atoms with van der Waals surface area (Å²) in [5.74, 6) is -2.10. The molecule has 0 heterocycles. The van der Waals surface area contributed by atoms with Gasteiger partial charge in [0.2, 0.25) is 0 Å². The number of carbonyl (C=O) groups is 2. The maximum Gasteiger partial charge on any atom is 0.157 e. The molecule has 6 atom stereocenters. The first kappa shape index (κ1) is 27.5. The lowest BCUT2D eigenvalue weighted by Crippen LogP contribution is -2.57. The van der Waals surface area contributed by atoms with E-state index in [0.717, 1.165) is 12.8 Å². The van der Waals surface area contributed by atoms with Gasteiger partial charge in [-0.2, -0.15) is 0 Å². The minimum atomic E-state index is -0.932. The zero-order valence-corrected chi connectivity index (χ0v) is 21.8. The molecule has 5 N–H and O–H groups in total. The smallest absolute Gasteiger partial charge is 0.157 e. The number of phenolic OH excluding ortho intramolecular Hbond substituents is 3. The number of hydrogen-bond donors (Lipinski definition) is 5. The Hall–Kier alpha value is -2.12. The van der Waals surface area contributed by atoms with Gasteiger partial charge in [0.15, 0.2) is 12.6 Å². The first-order chi connectivity index (χ1) is 16.1. The highest BCUT2D eigenvalue weighted by molar-refractivity contribution is 5.95. The van der Waals surface area contributed by atoms with Crippen molar-refractivity contribution in [3.05, 3.63) is 16.7 Å². The Bertz CT molecular complexity index is 939. The molecule has 196 valence electrons. The molecule has 3 rings (SSSR count). The minimum Gasteiger partial charge on any atom is -0.507 e. The second kappa shape index (κ2) is 9.40. The highest BCUT2D eigenvalue weighted by Gasteiger charge is 2.58. The summed E-state index contributed by atoms with van der Waals surface area (Å²) >= 11 is 0. The highest BCUT2D eigenvalue weighted by atomic mass is 16.3. The van der Waals surface area contributed by atoms with Gasteiger partial charge in [-0.05, 0) is 94.3 Å². The van der Waals surface area contributed by atoms with Gasteiger partial charge >= 0.3 is 0 Å². The number of aliphatic hydroxyl groups is 2. The van der Waals surface area contributed by atoms with Gasteiger partial charge in [-0.25, -0.2) is 0 Å². The summed E-state index contributed by atoms with van der Waals surface area (Å²) in [6.07, 6.45) is 4.53. The van der Waals surface area contributed by atoms with Crippen LogP contribution < -0.4 is 0 Å². The molecule has 4 unspecified atom stereocenters. The molecule has 7 nitrogen and oxygen atoms in total. The molecule has 0 saturated heterocycles. The third kappa shape index (κ3) is 4.69. The maximum absolute atomic E-state index is 11.7. The zero-order chi connectivity index (χ0) is 26.5. The van der Waals surface area contributed by atoms with E-state index in [1.165, 1.54) is 0 Å². The first-order valence-corrected chi connectivity index (χ1v) is 12.8. The van der Waals surface area contributed by atoms with Crippen molar-refractivity contribution in [3.63, 3.8) is 0 Å². The summed E-state index contributed by atoms with van der Waals surface area (Å²) in [7, 11) is 0. The minimum absolute atomic E-state index is 0.0353. The van der Waals surface area contributed by atoms with Crippen molar-refractivity contribution in [3.8, 4) is 17.2 Å². The monoisotopic (exact) mass is 490 g/mol. The SMILES string of the molecule is CC(C)C[C@H](c1c(O)c(C=O)c(O)c(C=O)c1O)C1CC[C@](C)(O)C2CC(C(C)(C)O)CCC12C. The van der Waals surface area contributed by atoms with E-state index in [-0.39, 0.29) is 34.7 Å². The van der Waals surface area contributed by atoms with Crippen molar-refractivity contribution < 1.29 is 35.1 Å². The van der Waals surface area contributed by atoms with E-state index < -0.39 is 45.5 Å². The van der Waals surface area contributed by atoms with Crippen LogP contribution in [-0.4, -0.2) is 49.3 Å². The largest absolute Gasteiger partial charge is 0.507 e. The van der Waals surface area contributed by atoms with Crippen LogP contribution in [0.2, 0.25) is 0 Å². The van der Waals surface area contributed by atoms with E-state index in [4.69, 9.17) is 0 Å². The Balaban J connectivity index is 2.20. The lowest BCUT2D eigenvalue weighted by Gasteiger charge is -2.60. The molecule has 35 heavy (non-hydrogen) atoms. The Labute approximate surface area is 208 Å². The molecule has 0 bridgehead atoms. The molecule has 1 aromatic rings. The van der Waals surface area contributed by atoms with Crippen molar-refractivity contribution in [2.45, 2.75) is 97.2 Å². The van der Waals surface area contributed by atoms with Crippen molar-refractivity contribution >= 4 is 12.6 Å². The Kier molecular flexibility index (Phi) is 7.37. The van der Waals surface area contributed by atoms with Gasteiger partial charge in [0.1, 0.15) is 17.2 Å². The van der Waals surface area contributed by atoms with Gasteiger partial charge in [-0.3, -0.25) is 9.59 Å². The molecular weight excluding hydrogens is 448 g/mol. The number of hydrogen-bond acceptors (Lipinski definition) is 7. The summed E-state index contributed by atoms with van der Waals surface area (Å²) < 4.78 is 0. The van der Waals surface area contributed by atoms with Crippen LogP contribution in [0.15, 0.2) is 0 Å². The Morgan fingerprint density at radius 1 is 0.971 bits per heavy atom. The number of phenols is 3. The number of rotatable bonds is 7. The molecule has 2 aliphatic rings. The van der Waals surface area contributed by atoms with E-state index in [0.29, 0.717) is 38.3 Å². The van der Waals surface area contributed by atoms with Gasteiger partial charge in [0, 0.05) is 5.56 Å². The fraction of sp³-hybridized carbons (Fsp3) is 0.714. The van der Waals surface area contributed by atoms with Crippen LogP contribution in [-0.2, 0) is 0 Å². The zero-order valence-electron chi connectivity index (χ0n) is 21.8. The quantitative estimate of drug-likeness (QED) is 0.343. The van der Waals surface area contributed by atoms with Crippen molar-refractivity contribution in [2.24, 2.45) is 29.1 Å². The van der Waals surface area contributed by atoms with Crippen LogP contribution in [0.4, 0.5) is 0 Å². The van der Waals surface area contributed by atoms with E-state index >= 15 is 0 Å². The van der Waals surface area contributed by atoms with E-state index in [1.807, 2.05) is 34.6 Å². The molecule has 0 radical (unpaired) electrons. The number of aldehydes is 2. The topological polar surface area (TPSA) is 135 Å². The average molecular weight is 491 g/mol. The first-order valence-electron chi connectivity index (χ1n) is 12.8. The van der Waals surface area contributed by atoms with Crippen LogP contribution in [0, 0.1) is 29.1 Å². The summed E-state index contributed by atoms with van der Waals surface area (Å²) in [6, 6.07) is 0. The van der Waals surface area contributed by atoms with Crippen molar-refractivity contribution in [2.75, 3.05) is 0 Å². The fourth-order valence-electron chi connectivity index (χ4n) is 7.33. The predicted octanol–water partition coefficient (Wildman–Crippen LogP) is 4.91. The second-order valence-corrected chi connectivity index (χ2v) is 12.4. The summed E-state index contributed by atoms with van der Waals surface area (Å²) in [5.41, 5.74) is -2.85. The van der Waals surface area contributed by atoms with Gasteiger partial charge in [0.25, 0.3) is 0 Å². The van der Waals surface area contributed by atoms with Gasteiger partial charge in [-0.15, -0.1) is 0 Å². The third-order valence-corrected chi connectivity index (χ3v) is 9.25. The lowest BCUT2D eigenvalue weighted by atomic mass is 9.46. The van der Waals surface area contributed by atoms with Crippen LogP contribution in [0.1, 0.15) is 112 Å². The predicted molar refractivity (Wildman–Crippen MR) is 133 cm³/mol. The molecule has 1 aromatic carbocycles. The van der Waals surface area contributed by atoms with Crippen molar-refractivity contribution in [1.29, 1.82) is 0 Å². The van der Waals surface area contributed by atoms with Crippen LogP contribution in [0.5, 0.6) is 17.2 Å². The summed E-state index contributed by atoms with van der Waals surface area (Å²) in [5, 5.41) is 54.7. The highest BCUT2D eigenvalue weighted by Crippen LogP contribution is 2.64. The Morgan fingerprint density at radius 2 is 1.51 bits per heavy atom. The number of benzene rings is 1. The second-order valence-electron chi connectivity index (χ2n) is 12.4. The standard InChI is InChI=1S/C28H42O7/c1-15(2)11-17(22-24(32)18(13-29)23(31)19(14-30)25(22)33)20-8-10-28(6,35)21-12-16(26(3,4)34)7-9-27(20,21)5/h13-17,20-21,31-35H,7-12H2,1-6H3/t16?,17-,20?,21?,27?,28-/m0/s1. The normalized spacial score (nSPS) is 32.2. The molecule has 2 fully saturated rings. The number of aromatic hydroxyl groups is 3. The molecule has 7 heteroatoms.